The van der Waals surface area contributed by atoms with E-state index in [0.29, 0.717) is 19.6 Å². The van der Waals surface area contributed by atoms with Crippen molar-refractivity contribution in [3.63, 3.8) is 0 Å². The highest BCUT2D eigenvalue weighted by atomic mass is 16.5. The third-order valence-corrected chi connectivity index (χ3v) is 3.36. The van der Waals surface area contributed by atoms with Crippen LogP contribution in [0, 0.1) is 11.8 Å². The van der Waals surface area contributed by atoms with Gasteiger partial charge in [-0.25, -0.2) is 0 Å². The normalized spacial score (nSPS) is 17.7. The second-order valence-corrected chi connectivity index (χ2v) is 5.05. The Labute approximate surface area is 125 Å². The van der Waals surface area contributed by atoms with E-state index in [-0.39, 0.29) is 18.6 Å². The van der Waals surface area contributed by atoms with Gasteiger partial charge in [0.1, 0.15) is 6.10 Å². The zero-order valence-electron chi connectivity index (χ0n) is 12.1. The average molecular weight is 287 g/mol. The molecule has 1 unspecified atom stereocenters. The summed E-state index contributed by atoms with van der Waals surface area (Å²) in [6.45, 7) is 1.27. The zero-order chi connectivity index (χ0) is 14.9. The van der Waals surface area contributed by atoms with Crippen molar-refractivity contribution in [1.82, 2.24) is 5.32 Å². The van der Waals surface area contributed by atoms with Crippen LogP contribution >= 0.6 is 0 Å². The van der Waals surface area contributed by atoms with Gasteiger partial charge in [-0.1, -0.05) is 24.0 Å². The van der Waals surface area contributed by atoms with E-state index in [1.807, 2.05) is 24.3 Å². The Hall–Kier alpha value is -1.83. The fraction of sp³-hybridized carbons (Fsp3) is 0.471. The molecule has 0 aliphatic carbocycles. The number of hydrogen-bond acceptors (Lipinski definition) is 3. The van der Waals surface area contributed by atoms with E-state index in [4.69, 9.17) is 9.84 Å². The van der Waals surface area contributed by atoms with Crippen LogP contribution in [0.25, 0.3) is 0 Å². The topological polar surface area (TPSA) is 58.6 Å². The summed E-state index contributed by atoms with van der Waals surface area (Å²) in [5.41, 5.74) is 1.95. The van der Waals surface area contributed by atoms with E-state index in [1.165, 1.54) is 0 Å². The highest BCUT2D eigenvalue weighted by Crippen LogP contribution is 2.13. The largest absolute Gasteiger partial charge is 0.395 e. The minimum atomic E-state index is -0.289. The van der Waals surface area contributed by atoms with E-state index in [9.17, 15) is 4.79 Å². The van der Waals surface area contributed by atoms with Crippen LogP contribution in [0.2, 0.25) is 0 Å². The van der Waals surface area contributed by atoms with Crippen molar-refractivity contribution >= 4 is 5.91 Å². The number of benzene rings is 1. The molecule has 112 valence electrons. The molecule has 2 rings (SSSR count). The van der Waals surface area contributed by atoms with Gasteiger partial charge in [-0.2, -0.15) is 0 Å². The standard InChI is InChI=1S/C17H21NO3/c19-11-3-1-5-14-7-9-15(10-8-14)13-18-17(20)16-6-2-4-12-21-16/h7-10,16,19H,2-4,6,11-13H2,(H,18,20). The first kappa shape index (κ1) is 15.6. The predicted octanol–water partition coefficient (Wildman–Crippen LogP) is 1.61. The fourth-order valence-corrected chi connectivity index (χ4v) is 2.18. The predicted molar refractivity (Wildman–Crippen MR) is 80.5 cm³/mol. The molecule has 0 aromatic heterocycles. The van der Waals surface area contributed by atoms with E-state index < -0.39 is 0 Å². The summed E-state index contributed by atoms with van der Waals surface area (Å²) in [5.74, 6) is 5.82. The molecule has 1 saturated heterocycles. The lowest BCUT2D eigenvalue weighted by Gasteiger charge is -2.21. The number of hydrogen-bond donors (Lipinski definition) is 2. The smallest absolute Gasteiger partial charge is 0.249 e. The third kappa shape index (κ3) is 5.22. The van der Waals surface area contributed by atoms with Gasteiger partial charge in [0, 0.05) is 25.1 Å². The fourth-order valence-electron chi connectivity index (χ4n) is 2.18. The number of nitrogens with one attached hydrogen (secondary N) is 1. The summed E-state index contributed by atoms with van der Waals surface area (Å²) in [6.07, 6.45) is 3.11. The molecule has 2 N–H and O–H groups in total. The molecule has 1 aliphatic heterocycles. The molecule has 4 nitrogen and oxygen atoms in total. The minimum absolute atomic E-state index is 0.0264. The van der Waals surface area contributed by atoms with Crippen molar-refractivity contribution in [1.29, 1.82) is 0 Å². The molecular weight excluding hydrogens is 266 g/mol. The Morgan fingerprint density at radius 3 is 2.81 bits per heavy atom. The third-order valence-electron chi connectivity index (χ3n) is 3.36. The molecule has 1 aliphatic rings. The maximum absolute atomic E-state index is 11.9. The molecule has 1 aromatic carbocycles. The number of rotatable bonds is 4. The lowest BCUT2D eigenvalue weighted by atomic mass is 10.1. The second kappa shape index (κ2) is 8.46. The Kier molecular flexibility index (Phi) is 6.26. The number of ether oxygens (including phenoxy) is 1. The minimum Gasteiger partial charge on any atom is -0.395 e. The number of aliphatic hydroxyl groups excluding tert-OH is 1. The van der Waals surface area contributed by atoms with Crippen LogP contribution in [-0.2, 0) is 16.1 Å². The van der Waals surface area contributed by atoms with Crippen LogP contribution in [0.4, 0.5) is 0 Å². The van der Waals surface area contributed by atoms with E-state index in [1.54, 1.807) is 0 Å². The van der Waals surface area contributed by atoms with Gasteiger partial charge >= 0.3 is 0 Å². The molecule has 0 bridgehead atoms. The highest BCUT2D eigenvalue weighted by Gasteiger charge is 2.21. The first-order valence-corrected chi connectivity index (χ1v) is 7.37. The van der Waals surface area contributed by atoms with Gasteiger partial charge in [0.15, 0.2) is 0 Å². The van der Waals surface area contributed by atoms with Gasteiger partial charge in [0.05, 0.1) is 6.61 Å². The lowest BCUT2D eigenvalue weighted by molar-refractivity contribution is -0.135. The monoisotopic (exact) mass is 287 g/mol. The van der Waals surface area contributed by atoms with Crippen LogP contribution in [-0.4, -0.2) is 30.3 Å². The SMILES string of the molecule is O=C(NCc1ccc(C#CCCO)cc1)C1CCCCO1. The average Bonchev–Trinajstić information content (AvgIpc) is 2.55. The van der Waals surface area contributed by atoms with Gasteiger partial charge in [-0.3, -0.25) is 4.79 Å². The van der Waals surface area contributed by atoms with Crippen molar-refractivity contribution in [2.45, 2.75) is 38.3 Å². The highest BCUT2D eigenvalue weighted by molar-refractivity contribution is 5.80. The number of carbonyl (C=O) groups is 1. The van der Waals surface area contributed by atoms with Gasteiger partial charge in [-0.15, -0.1) is 0 Å². The molecule has 1 heterocycles. The zero-order valence-corrected chi connectivity index (χ0v) is 12.1. The summed E-state index contributed by atoms with van der Waals surface area (Å²) < 4.78 is 5.45. The molecule has 1 fully saturated rings. The first-order chi connectivity index (χ1) is 10.3. The van der Waals surface area contributed by atoms with Gasteiger partial charge in [0.2, 0.25) is 5.91 Å². The summed E-state index contributed by atoms with van der Waals surface area (Å²) in [5, 5.41) is 11.6. The number of amides is 1. The molecule has 21 heavy (non-hydrogen) atoms. The first-order valence-electron chi connectivity index (χ1n) is 7.37. The van der Waals surface area contributed by atoms with Gasteiger partial charge in [0.25, 0.3) is 0 Å². The quantitative estimate of drug-likeness (QED) is 0.827. The van der Waals surface area contributed by atoms with E-state index >= 15 is 0 Å². The van der Waals surface area contributed by atoms with Gasteiger partial charge in [-0.05, 0) is 37.0 Å². The maximum atomic E-state index is 11.9. The molecular formula is C17H21NO3. The molecule has 0 radical (unpaired) electrons. The summed E-state index contributed by atoms with van der Waals surface area (Å²) in [7, 11) is 0. The summed E-state index contributed by atoms with van der Waals surface area (Å²) in [6, 6.07) is 7.74. The van der Waals surface area contributed by atoms with Crippen LogP contribution < -0.4 is 5.32 Å². The number of carbonyl (C=O) groups excluding carboxylic acids is 1. The maximum Gasteiger partial charge on any atom is 0.249 e. The molecule has 1 atom stereocenters. The molecule has 0 saturated carbocycles. The molecule has 1 aromatic rings. The van der Waals surface area contributed by atoms with Crippen LogP contribution in [0.3, 0.4) is 0 Å². The molecule has 0 spiro atoms. The molecule has 4 heteroatoms. The van der Waals surface area contributed by atoms with Crippen LogP contribution in [0.15, 0.2) is 24.3 Å². The van der Waals surface area contributed by atoms with E-state index in [0.717, 1.165) is 30.4 Å². The van der Waals surface area contributed by atoms with E-state index in [2.05, 4.69) is 17.2 Å². The van der Waals surface area contributed by atoms with Gasteiger partial charge < -0.3 is 15.2 Å². The van der Waals surface area contributed by atoms with Crippen molar-refractivity contribution in [2.24, 2.45) is 0 Å². The number of aliphatic hydroxyl groups is 1. The molecule has 1 amide bonds. The van der Waals surface area contributed by atoms with Crippen molar-refractivity contribution in [3.8, 4) is 11.8 Å². The summed E-state index contributed by atoms with van der Waals surface area (Å²) >= 11 is 0. The Morgan fingerprint density at radius 2 is 2.14 bits per heavy atom. The second-order valence-electron chi connectivity index (χ2n) is 5.05. The van der Waals surface area contributed by atoms with Crippen molar-refractivity contribution in [3.05, 3.63) is 35.4 Å². The lowest BCUT2D eigenvalue weighted by Crippen LogP contribution is -2.37. The van der Waals surface area contributed by atoms with Crippen LogP contribution in [0.5, 0.6) is 0 Å². The Bertz CT molecular complexity index is 507. The van der Waals surface area contributed by atoms with Crippen LogP contribution in [0.1, 0.15) is 36.8 Å². The summed E-state index contributed by atoms with van der Waals surface area (Å²) in [4.78, 5) is 11.9. The Morgan fingerprint density at radius 1 is 1.33 bits per heavy atom. The van der Waals surface area contributed by atoms with Crippen molar-refractivity contribution in [2.75, 3.05) is 13.2 Å². The Balaban J connectivity index is 1.80. The van der Waals surface area contributed by atoms with Crippen molar-refractivity contribution < 1.29 is 14.6 Å².